The van der Waals surface area contributed by atoms with Gasteiger partial charge < -0.3 is 9.64 Å². The van der Waals surface area contributed by atoms with Gasteiger partial charge in [-0.15, -0.1) is 0 Å². The van der Waals surface area contributed by atoms with E-state index < -0.39 is 5.60 Å². The van der Waals surface area contributed by atoms with E-state index in [2.05, 4.69) is 40.2 Å². The first-order chi connectivity index (χ1) is 16.2. The summed E-state index contributed by atoms with van der Waals surface area (Å²) < 4.78 is 6.41. The minimum absolute atomic E-state index is 0.105. The van der Waals surface area contributed by atoms with E-state index in [1.54, 1.807) is 0 Å². The molecule has 1 heterocycles. The van der Waals surface area contributed by atoms with E-state index in [9.17, 15) is 9.59 Å². The van der Waals surface area contributed by atoms with Crippen molar-refractivity contribution in [2.45, 2.75) is 58.0 Å². The molecule has 3 aromatic carbocycles. The first-order valence-electron chi connectivity index (χ1n) is 12.0. The van der Waals surface area contributed by atoms with Crippen molar-refractivity contribution in [2.75, 3.05) is 13.1 Å². The average Bonchev–Trinajstić information content (AvgIpc) is 2.81. The van der Waals surface area contributed by atoms with Gasteiger partial charge in [0.2, 0.25) is 0 Å². The Morgan fingerprint density at radius 2 is 1.74 bits per heavy atom. The number of carbonyl (C=O) groups excluding carboxylic acids is 2. The number of rotatable bonds is 5. The van der Waals surface area contributed by atoms with Crippen molar-refractivity contribution in [2.24, 2.45) is 0 Å². The molecule has 1 fully saturated rings. The van der Waals surface area contributed by atoms with E-state index in [1.165, 1.54) is 5.56 Å². The zero-order valence-electron chi connectivity index (χ0n) is 20.1. The molecule has 178 valence electrons. The lowest BCUT2D eigenvalue weighted by atomic mass is 9.88. The minimum Gasteiger partial charge on any atom is -0.460 e. The molecule has 4 rings (SSSR count). The molecule has 0 saturated carbocycles. The number of likely N-dealkylation sites (tertiary alicyclic amines) is 1. The lowest BCUT2D eigenvalue weighted by molar-refractivity contribution is -0.154. The summed E-state index contributed by atoms with van der Waals surface area (Å²) >= 11 is 3.53. The van der Waals surface area contributed by atoms with Crippen LogP contribution in [0.2, 0.25) is 0 Å². The number of hydrogen-bond acceptors (Lipinski definition) is 3. The van der Waals surface area contributed by atoms with Gasteiger partial charge in [0.05, 0.1) is 0 Å². The summed E-state index contributed by atoms with van der Waals surface area (Å²) in [5.74, 6) is 0.366. The highest BCUT2D eigenvalue weighted by Gasteiger charge is 2.26. The molecule has 1 aliphatic rings. The number of amides is 1. The smallest absolute Gasteiger partial charge is 0.306 e. The summed E-state index contributed by atoms with van der Waals surface area (Å²) in [6.45, 7) is 7.16. The predicted molar refractivity (Wildman–Crippen MR) is 140 cm³/mol. The number of aryl methyl sites for hydroxylation is 1. The molecule has 0 N–H and O–H groups in total. The highest BCUT2D eigenvalue weighted by molar-refractivity contribution is 9.10. The monoisotopic (exact) mass is 521 g/mol. The van der Waals surface area contributed by atoms with Crippen molar-refractivity contribution in [3.8, 4) is 0 Å². The van der Waals surface area contributed by atoms with Gasteiger partial charge in [0, 0.05) is 29.5 Å². The Labute approximate surface area is 210 Å². The number of ether oxygens (including phenoxy) is 1. The molecule has 3 aromatic rings. The van der Waals surface area contributed by atoms with Gasteiger partial charge >= 0.3 is 5.97 Å². The van der Waals surface area contributed by atoms with E-state index in [0.29, 0.717) is 18.8 Å². The number of hydrogen-bond donors (Lipinski definition) is 0. The van der Waals surface area contributed by atoms with Crippen LogP contribution in [-0.4, -0.2) is 35.5 Å². The van der Waals surface area contributed by atoms with Crippen LogP contribution in [0, 0.1) is 0 Å². The fourth-order valence-electron chi connectivity index (χ4n) is 4.66. The van der Waals surface area contributed by atoms with Crippen molar-refractivity contribution >= 4 is 38.6 Å². The number of fused-ring (bicyclic) bond motifs is 1. The fourth-order valence-corrected chi connectivity index (χ4v) is 5.02. The van der Waals surface area contributed by atoms with E-state index in [0.717, 1.165) is 52.3 Å². The normalized spacial score (nSPS) is 14.9. The first kappa shape index (κ1) is 24.5. The molecule has 0 bridgehead atoms. The van der Waals surface area contributed by atoms with Crippen LogP contribution in [0.5, 0.6) is 0 Å². The van der Waals surface area contributed by atoms with E-state index in [1.807, 2.05) is 62.1 Å². The zero-order valence-corrected chi connectivity index (χ0v) is 21.7. The molecule has 5 heteroatoms. The molecule has 4 nitrogen and oxygen atoms in total. The molecular formula is C29H32BrNO3. The van der Waals surface area contributed by atoms with Crippen LogP contribution >= 0.6 is 15.9 Å². The summed E-state index contributed by atoms with van der Waals surface area (Å²) in [4.78, 5) is 27.4. The molecule has 0 atom stereocenters. The lowest BCUT2D eigenvalue weighted by Crippen LogP contribution is -2.38. The largest absolute Gasteiger partial charge is 0.460 e. The van der Waals surface area contributed by atoms with Crippen LogP contribution in [0.1, 0.15) is 67.4 Å². The zero-order chi connectivity index (χ0) is 24.3. The number of esters is 1. The van der Waals surface area contributed by atoms with Gasteiger partial charge in [-0.2, -0.15) is 0 Å². The lowest BCUT2D eigenvalue weighted by Gasteiger charge is -2.32. The second-order valence-electron chi connectivity index (χ2n) is 10.1. The van der Waals surface area contributed by atoms with Gasteiger partial charge in [0.15, 0.2) is 0 Å². The topological polar surface area (TPSA) is 46.6 Å². The van der Waals surface area contributed by atoms with Crippen LogP contribution in [0.3, 0.4) is 0 Å². The molecule has 0 aromatic heterocycles. The Bertz CT molecular complexity index is 1190. The highest BCUT2D eigenvalue weighted by Crippen LogP contribution is 2.31. The van der Waals surface area contributed by atoms with Crippen molar-refractivity contribution in [1.29, 1.82) is 0 Å². The second kappa shape index (κ2) is 10.3. The van der Waals surface area contributed by atoms with E-state index in [-0.39, 0.29) is 11.9 Å². The fraction of sp³-hybridized carbons (Fsp3) is 0.379. The van der Waals surface area contributed by atoms with Crippen molar-refractivity contribution in [1.82, 2.24) is 4.90 Å². The van der Waals surface area contributed by atoms with Gasteiger partial charge in [-0.05, 0) is 86.1 Å². The molecule has 0 aliphatic carbocycles. The minimum atomic E-state index is -0.452. The van der Waals surface area contributed by atoms with Crippen LogP contribution in [0.4, 0.5) is 0 Å². The van der Waals surface area contributed by atoms with E-state index >= 15 is 0 Å². The quantitative estimate of drug-likeness (QED) is 0.343. The Hall–Kier alpha value is -2.66. The second-order valence-corrected chi connectivity index (χ2v) is 11.0. The third kappa shape index (κ3) is 6.06. The first-order valence-corrected chi connectivity index (χ1v) is 12.8. The number of nitrogens with zero attached hydrogens (tertiary/aromatic N) is 1. The third-order valence-corrected chi connectivity index (χ3v) is 6.81. The average molecular weight is 522 g/mol. The number of halogens is 1. The SMILES string of the molecule is CC(C)(C)OC(=O)CCc1cccc(C2CCN(C(=O)c3cccc4ccc(Br)cc34)CC2)c1. The summed E-state index contributed by atoms with van der Waals surface area (Å²) in [7, 11) is 0. The molecule has 1 saturated heterocycles. The van der Waals surface area contributed by atoms with Gasteiger partial charge in [-0.25, -0.2) is 0 Å². The highest BCUT2D eigenvalue weighted by atomic mass is 79.9. The Kier molecular flexibility index (Phi) is 7.42. The Balaban J connectivity index is 1.38. The van der Waals surface area contributed by atoms with E-state index in [4.69, 9.17) is 4.74 Å². The molecule has 0 radical (unpaired) electrons. The van der Waals surface area contributed by atoms with Crippen LogP contribution in [-0.2, 0) is 16.0 Å². The summed E-state index contributed by atoms with van der Waals surface area (Å²) in [5.41, 5.74) is 2.76. The molecule has 0 spiro atoms. The number of piperidine rings is 1. The summed E-state index contributed by atoms with van der Waals surface area (Å²) in [6, 6.07) is 20.5. The van der Waals surface area contributed by atoms with Gasteiger partial charge in [-0.1, -0.05) is 58.4 Å². The Morgan fingerprint density at radius 1 is 1.00 bits per heavy atom. The van der Waals surface area contributed by atoms with Gasteiger partial charge in [0.1, 0.15) is 5.60 Å². The third-order valence-electron chi connectivity index (χ3n) is 6.32. The molecular weight excluding hydrogens is 490 g/mol. The maximum Gasteiger partial charge on any atom is 0.306 e. The molecule has 0 unspecified atom stereocenters. The number of benzene rings is 3. The van der Waals surface area contributed by atoms with Crippen LogP contribution in [0.15, 0.2) is 65.1 Å². The van der Waals surface area contributed by atoms with Crippen molar-refractivity contribution in [3.05, 3.63) is 81.8 Å². The van der Waals surface area contributed by atoms with Gasteiger partial charge in [0.25, 0.3) is 5.91 Å². The van der Waals surface area contributed by atoms with Crippen molar-refractivity contribution in [3.63, 3.8) is 0 Å². The van der Waals surface area contributed by atoms with Crippen LogP contribution < -0.4 is 0 Å². The van der Waals surface area contributed by atoms with Gasteiger partial charge in [-0.3, -0.25) is 9.59 Å². The maximum absolute atomic E-state index is 13.3. The summed E-state index contributed by atoms with van der Waals surface area (Å²) in [5, 5.41) is 2.06. The number of carbonyl (C=O) groups is 2. The Morgan fingerprint density at radius 3 is 2.47 bits per heavy atom. The maximum atomic E-state index is 13.3. The van der Waals surface area contributed by atoms with Crippen LogP contribution in [0.25, 0.3) is 10.8 Å². The molecule has 1 aliphatic heterocycles. The molecule has 1 amide bonds. The van der Waals surface area contributed by atoms with Crippen molar-refractivity contribution < 1.29 is 14.3 Å². The molecule has 34 heavy (non-hydrogen) atoms. The summed E-state index contributed by atoms with van der Waals surface area (Å²) in [6.07, 6.45) is 2.94. The standard InChI is InChI=1S/C29H32BrNO3/c1-29(2,3)34-27(32)13-10-20-6-4-8-23(18-20)21-14-16-31(17-15-21)28(33)25-9-5-7-22-11-12-24(30)19-26(22)25/h4-9,11-12,18-19,21H,10,13-17H2,1-3H3. The predicted octanol–water partition coefficient (Wildman–Crippen LogP) is 6.90.